The zero-order valence-corrected chi connectivity index (χ0v) is 13.1. The highest BCUT2D eigenvalue weighted by molar-refractivity contribution is 5.27. The second-order valence-electron chi connectivity index (χ2n) is 5.19. The zero-order valence-electron chi connectivity index (χ0n) is 13.1. The van der Waals surface area contributed by atoms with Crippen molar-refractivity contribution < 1.29 is 4.74 Å². The number of methoxy groups -OCH3 is 1. The SMILES string of the molecule is COc1ccc(CCNCc2cn(C)c(=O)n(C)c2=O)cc1. The van der Waals surface area contributed by atoms with Crippen LogP contribution in [0.25, 0.3) is 0 Å². The van der Waals surface area contributed by atoms with E-state index in [9.17, 15) is 9.59 Å². The van der Waals surface area contributed by atoms with Gasteiger partial charge in [-0.1, -0.05) is 12.1 Å². The summed E-state index contributed by atoms with van der Waals surface area (Å²) in [6, 6.07) is 7.90. The van der Waals surface area contributed by atoms with Crippen LogP contribution >= 0.6 is 0 Å². The van der Waals surface area contributed by atoms with Gasteiger partial charge in [-0.05, 0) is 30.7 Å². The molecule has 1 aromatic heterocycles. The average Bonchev–Trinajstić information content (AvgIpc) is 2.54. The number of hydrogen-bond donors (Lipinski definition) is 1. The normalized spacial score (nSPS) is 10.7. The summed E-state index contributed by atoms with van der Waals surface area (Å²) in [6.07, 6.45) is 2.45. The molecule has 0 spiro atoms. The Hall–Kier alpha value is -2.34. The van der Waals surface area contributed by atoms with Crippen molar-refractivity contribution in [3.05, 3.63) is 62.4 Å². The van der Waals surface area contributed by atoms with Gasteiger partial charge in [-0.3, -0.25) is 9.36 Å². The second-order valence-corrected chi connectivity index (χ2v) is 5.19. The number of benzene rings is 1. The first-order chi connectivity index (χ1) is 10.5. The summed E-state index contributed by atoms with van der Waals surface area (Å²) in [5.41, 5.74) is 1.22. The molecule has 0 atom stereocenters. The molecular formula is C16H21N3O3. The van der Waals surface area contributed by atoms with Gasteiger partial charge < -0.3 is 14.6 Å². The molecule has 0 amide bonds. The van der Waals surface area contributed by atoms with Gasteiger partial charge in [0.2, 0.25) is 0 Å². The quantitative estimate of drug-likeness (QED) is 0.786. The van der Waals surface area contributed by atoms with Crippen molar-refractivity contribution in [3.8, 4) is 5.75 Å². The van der Waals surface area contributed by atoms with Crippen molar-refractivity contribution in [3.63, 3.8) is 0 Å². The van der Waals surface area contributed by atoms with Crippen molar-refractivity contribution in [1.29, 1.82) is 0 Å². The van der Waals surface area contributed by atoms with Crippen LogP contribution < -0.4 is 21.3 Å². The number of hydrogen-bond acceptors (Lipinski definition) is 4. The molecule has 0 fully saturated rings. The van der Waals surface area contributed by atoms with E-state index in [0.717, 1.165) is 23.3 Å². The third-order valence-electron chi connectivity index (χ3n) is 3.58. The van der Waals surface area contributed by atoms with E-state index >= 15 is 0 Å². The second kappa shape index (κ2) is 7.09. The number of aryl methyl sites for hydroxylation is 1. The van der Waals surface area contributed by atoms with E-state index in [1.807, 2.05) is 24.3 Å². The van der Waals surface area contributed by atoms with E-state index in [-0.39, 0.29) is 11.2 Å². The summed E-state index contributed by atoms with van der Waals surface area (Å²) >= 11 is 0. The molecule has 2 rings (SSSR count). The molecular weight excluding hydrogens is 282 g/mol. The number of aromatic nitrogens is 2. The Morgan fingerprint density at radius 3 is 2.45 bits per heavy atom. The average molecular weight is 303 g/mol. The Morgan fingerprint density at radius 2 is 1.82 bits per heavy atom. The molecule has 0 aliphatic carbocycles. The fourth-order valence-electron chi connectivity index (χ4n) is 2.25. The zero-order chi connectivity index (χ0) is 16.1. The Morgan fingerprint density at radius 1 is 1.14 bits per heavy atom. The standard InChI is InChI=1S/C16H21N3O3/c1-18-11-13(15(20)19(2)16(18)21)10-17-9-8-12-4-6-14(22-3)7-5-12/h4-7,11,17H,8-10H2,1-3H3. The van der Waals surface area contributed by atoms with Gasteiger partial charge in [-0.2, -0.15) is 0 Å². The van der Waals surface area contributed by atoms with E-state index in [4.69, 9.17) is 4.74 Å². The largest absolute Gasteiger partial charge is 0.497 e. The van der Waals surface area contributed by atoms with Gasteiger partial charge in [0.1, 0.15) is 5.75 Å². The molecule has 0 bridgehead atoms. The molecule has 6 heteroatoms. The monoisotopic (exact) mass is 303 g/mol. The van der Waals surface area contributed by atoms with Crippen LogP contribution in [0.2, 0.25) is 0 Å². The van der Waals surface area contributed by atoms with Crippen LogP contribution in [0.15, 0.2) is 40.1 Å². The molecule has 6 nitrogen and oxygen atoms in total. The fourth-order valence-corrected chi connectivity index (χ4v) is 2.25. The van der Waals surface area contributed by atoms with Gasteiger partial charge in [-0.25, -0.2) is 4.79 Å². The van der Waals surface area contributed by atoms with Crippen LogP contribution in [-0.2, 0) is 27.1 Å². The van der Waals surface area contributed by atoms with Crippen LogP contribution in [0.1, 0.15) is 11.1 Å². The molecule has 0 aliphatic heterocycles. The topological polar surface area (TPSA) is 65.3 Å². The van der Waals surface area contributed by atoms with Crippen molar-refractivity contribution in [2.75, 3.05) is 13.7 Å². The molecule has 0 unspecified atom stereocenters. The molecule has 0 aliphatic rings. The van der Waals surface area contributed by atoms with E-state index in [1.54, 1.807) is 20.4 Å². The molecule has 1 aromatic carbocycles. The van der Waals surface area contributed by atoms with Crippen LogP contribution in [0, 0.1) is 0 Å². The van der Waals surface area contributed by atoms with Gasteiger partial charge >= 0.3 is 5.69 Å². The van der Waals surface area contributed by atoms with Crippen LogP contribution in [0.3, 0.4) is 0 Å². The maximum atomic E-state index is 12.0. The lowest BCUT2D eigenvalue weighted by atomic mass is 10.1. The highest BCUT2D eigenvalue weighted by atomic mass is 16.5. The number of ether oxygens (including phenoxy) is 1. The first-order valence-corrected chi connectivity index (χ1v) is 7.12. The first-order valence-electron chi connectivity index (χ1n) is 7.12. The maximum absolute atomic E-state index is 12.0. The Balaban J connectivity index is 1.91. The molecule has 118 valence electrons. The molecule has 0 saturated carbocycles. The smallest absolute Gasteiger partial charge is 0.330 e. The number of nitrogens with zero attached hydrogens (tertiary/aromatic N) is 2. The van der Waals surface area contributed by atoms with Gasteiger partial charge in [0.05, 0.1) is 7.11 Å². The third-order valence-corrected chi connectivity index (χ3v) is 3.58. The molecule has 0 radical (unpaired) electrons. The van der Waals surface area contributed by atoms with Gasteiger partial charge in [-0.15, -0.1) is 0 Å². The van der Waals surface area contributed by atoms with Crippen molar-refractivity contribution in [2.24, 2.45) is 14.1 Å². The van der Waals surface area contributed by atoms with Crippen LogP contribution in [-0.4, -0.2) is 22.8 Å². The van der Waals surface area contributed by atoms with Crippen LogP contribution in [0.4, 0.5) is 0 Å². The molecule has 2 aromatic rings. The van der Waals surface area contributed by atoms with E-state index < -0.39 is 0 Å². The minimum atomic E-state index is -0.313. The van der Waals surface area contributed by atoms with Crippen molar-refractivity contribution in [1.82, 2.24) is 14.5 Å². The third kappa shape index (κ3) is 3.65. The highest BCUT2D eigenvalue weighted by Gasteiger charge is 2.06. The van der Waals surface area contributed by atoms with Gasteiger partial charge in [0.25, 0.3) is 5.56 Å². The Bertz CT molecular complexity index is 745. The lowest BCUT2D eigenvalue weighted by Gasteiger charge is -2.08. The molecule has 0 saturated heterocycles. The molecule has 22 heavy (non-hydrogen) atoms. The predicted octanol–water partition coefficient (Wildman–Crippen LogP) is 0.425. The van der Waals surface area contributed by atoms with Gasteiger partial charge in [0.15, 0.2) is 0 Å². The number of rotatable bonds is 6. The maximum Gasteiger partial charge on any atom is 0.330 e. The number of nitrogens with one attached hydrogen (secondary N) is 1. The van der Waals surface area contributed by atoms with E-state index in [1.165, 1.54) is 17.2 Å². The summed E-state index contributed by atoms with van der Waals surface area (Å²) in [5.74, 6) is 0.838. The first kappa shape index (κ1) is 16.0. The van der Waals surface area contributed by atoms with E-state index in [0.29, 0.717) is 12.1 Å². The summed E-state index contributed by atoms with van der Waals surface area (Å²) in [7, 11) is 4.78. The summed E-state index contributed by atoms with van der Waals surface area (Å²) in [6.45, 7) is 1.19. The van der Waals surface area contributed by atoms with Crippen LogP contribution in [0.5, 0.6) is 5.75 Å². The van der Waals surface area contributed by atoms with Crippen molar-refractivity contribution in [2.45, 2.75) is 13.0 Å². The van der Waals surface area contributed by atoms with Crippen molar-refractivity contribution >= 4 is 0 Å². The molecule has 1 N–H and O–H groups in total. The lowest BCUT2D eigenvalue weighted by Crippen LogP contribution is -2.39. The summed E-state index contributed by atoms with van der Waals surface area (Å²) < 4.78 is 7.66. The van der Waals surface area contributed by atoms with Gasteiger partial charge in [0, 0.05) is 32.4 Å². The Kier molecular flexibility index (Phi) is 5.16. The lowest BCUT2D eigenvalue weighted by molar-refractivity contribution is 0.414. The Labute approximate surface area is 129 Å². The summed E-state index contributed by atoms with van der Waals surface area (Å²) in [4.78, 5) is 23.6. The minimum absolute atomic E-state index is 0.250. The predicted molar refractivity (Wildman–Crippen MR) is 85.3 cm³/mol. The highest BCUT2D eigenvalue weighted by Crippen LogP contribution is 2.11. The molecule has 1 heterocycles. The fraction of sp³-hybridized carbons (Fsp3) is 0.375. The minimum Gasteiger partial charge on any atom is -0.497 e. The van der Waals surface area contributed by atoms with E-state index in [2.05, 4.69) is 5.32 Å². The summed E-state index contributed by atoms with van der Waals surface area (Å²) in [5, 5.41) is 3.23.